The van der Waals surface area contributed by atoms with Gasteiger partial charge in [0.15, 0.2) is 0 Å². The van der Waals surface area contributed by atoms with Crippen molar-refractivity contribution in [3.8, 4) is 0 Å². The Morgan fingerprint density at radius 1 is 1.00 bits per heavy atom. The lowest BCUT2D eigenvalue weighted by atomic mass is 10.0. The Morgan fingerprint density at radius 3 is 2.14 bits per heavy atom. The Morgan fingerprint density at radius 2 is 1.62 bits per heavy atom. The van der Waals surface area contributed by atoms with Crippen LogP contribution in [0, 0.1) is 5.92 Å². The van der Waals surface area contributed by atoms with E-state index in [4.69, 9.17) is 9.47 Å². The third kappa shape index (κ3) is 7.93. The first-order valence-electron chi connectivity index (χ1n) is 8.01. The summed E-state index contributed by atoms with van der Waals surface area (Å²) in [6, 6.07) is -0.598. The van der Waals surface area contributed by atoms with E-state index in [1.807, 2.05) is 13.8 Å². The van der Waals surface area contributed by atoms with E-state index in [1.165, 1.54) is 24.2 Å². The highest BCUT2D eigenvalue weighted by Gasteiger charge is 2.31. The number of likely N-dealkylation sites (N-methyl/N-ethyl adjacent to an activating group) is 1. The molecule has 0 aliphatic rings. The lowest BCUT2D eigenvalue weighted by Gasteiger charge is -2.28. The molecule has 0 bridgehead atoms. The molecule has 0 aromatic heterocycles. The summed E-state index contributed by atoms with van der Waals surface area (Å²) in [6.07, 6.45) is 5.04. The summed E-state index contributed by atoms with van der Waals surface area (Å²) in [4.78, 5) is 25.2. The number of carbonyl (C=O) groups is 2. The number of amides is 1. The molecule has 0 radical (unpaired) electrons. The molecule has 0 aliphatic carbocycles. The highest BCUT2D eigenvalue weighted by atomic mass is 16.6. The van der Waals surface area contributed by atoms with Crippen molar-refractivity contribution in [3.05, 3.63) is 0 Å². The molecule has 0 saturated carbocycles. The molecule has 0 aliphatic heterocycles. The molecule has 0 saturated heterocycles. The number of hydrogen-bond acceptors (Lipinski definition) is 4. The van der Waals surface area contributed by atoms with Crippen molar-refractivity contribution in [2.24, 2.45) is 5.92 Å². The summed E-state index contributed by atoms with van der Waals surface area (Å²) in [5, 5.41) is 0. The normalized spacial score (nSPS) is 12.1. The molecular formula is C16H31NO4. The number of rotatable bonds is 10. The van der Waals surface area contributed by atoms with E-state index in [0.717, 1.165) is 12.8 Å². The number of esters is 1. The van der Waals surface area contributed by atoms with Crippen LogP contribution in [-0.2, 0) is 14.3 Å². The third-order valence-electron chi connectivity index (χ3n) is 3.34. The summed E-state index contributed by atoms with van der Waals surface area (Å²) in [7, 11) is 1.57. The Bertz CT molecular complexity index is 305. The molecule has 5 nitrogen and oxygen atoms in total. The summed E-state index contributed by atoms with van der Waals surface area (Å²) < 4.78 is 10.2. The quantitative estimate of drug-likeness (QED) is 0.457. The maximum absolute atomic E-state index is 12.2. The first kappa shape index (κ1) is 19.7. The summed E-state index contributed by atoms with van der Waals surface area (Å²) in [5.74, 6) is -0.372. The lowest BCUT2D eigenvalue weighted by Crippen LogP contribution is -2.46. The molecule has 0 spiro atoms. The van der Waals surface area contributed by atoms with Gasteiger partial charge in [0.25, 0.3) is 0 Å². The zero-order chi connectivity index (χ0) is 16.3. The van der Waals surface area contributed by atoms with Crippen molar-refractivity contribution in [2.45, 2.75) is 65.8 Å². The highest BCUT2D eigenvalue weighted by molar-refractivity contribution is 5.81. The maximum Gasteiger partial charge on any atom is 0.410 e. The number of ether oxygens (including phenoxy) is 2. The van der Waals surface area contributed by atoms with E-state index in [0.29, 0.717) is 13.2 Å². The molecule has 1 unspecified atom stereocenters. The van der Waals surface area contributed by atoms with E-state index < -0.39 is 12.1 Å². The number of unbranched alkanes of at least 4 members (excludes halogenated alkanes) is 4. The molecule has 1 amide bonds. The fourth-order valence-corrected chi connectivity index (χ4v) is 2.18. The van der Waals surface area contributed by atoms with E-state index >= 15 is 0 Å². The molecule has 1 atom stereocenters. The van der Waals surface area contributed by atoms with Crippen LogP contribution in [0.2, 0.25) is 0 Å². The van der Waals surface area contributed by atoms with Gasteiger partial charge in [0.05, 0.1) is 13.2 Å². The van der Waals surface area contributed by atoms with Gasteiger partial charge in [-0.05, 0) is 19.3 Å². The van der Waals surface area contributed by atoms with E-state index in [2.05, 4.69) is 6.92 Å². The molecule has 5 heteroatoms. The second kappa shape index (κ2) is 11.4. The lowest BCUT2D eigenvalue weighted by molar-refractivity contribution is -0.150. The molecule has 0 aromatic carbocycles. The first-order chi connectivity index (χ1) is 9.95. The highest BCUT2D eigenvalue weighted by Crippen LogP contribution is 2.13. The Labute approximate surface area is 129 Å². The van der Waals surface area contributed by atoms with Crippen LogP contribution in [0.1, 0.15) is 59.8 Å². The maximum atomic E-state index is 12.2. The Balaban J connectivity index is 4.27. The van der Waals surface area contributed by atoms with Crippen molar-refractivity contribution >= 4 is 12.1 Å². The number of carbonyl (C=O) groups excluding carboxylic acids is 2. The van der Waals surface area contributed by atoms with Gasteiger partial charge in [0.1, 0.15) is 6.04 Å². The second-order valence-corrected chi connectivity index (χ2v) is 5.58. The van der Waals surface area contributed by atoms with Crippen LogP contribution in [0.3, 0.4) is 0 Å². The van der Waals surface area contributed by atoms with Gasteiger partial charge in [-0.1, -0.05) is 46.5 Å². The van der Waals surface area contributed by atoms with E-state index in [1.54, 1.807) is 14.0 Å². The minimum atomic E-state index is -0.598. The molecular weight excluding hydrogens is 270 g/mol. The van der Waals surface area contributed by atoms with Gasteiger partial charge in [-0.25, -0.2) is 9.59 Å². The van der Waals surface area contributed by atoms with Gasteiger partial charge in [-0.3, -0.25) is 4.90 Å². The van der Waals surface area contributed by atoms with E-state index in [-0.39, 0.29) is 11.9 Å². The fraction of sp³-hybridized carbons (Fsp3) is 0.875. The largest absolute Gasteiger partial charge is 0.464 e. The number of nitrogens with zero attached hydrogens (tertiary/aromatic N) is 1. The number of hydrogen-bond donors (Lipinski definition) is 0. The second-order valence-electron chi connectivity index (χ2n) is 5.58. The topological polar surface area (TPSA) is 55.8 Å². The zero-order valence-electron chi connectivity index (χ0n) is 14.2. The van der Waals surface area contributed by atoms with Gasteiger partial charge in [0.2, 0.25) is 0 Å². The van der Waals surface area contributed by atoms with Gasteiger partial charge >= 0.3 is 12.1 Å². The molecule has 0 rings (SSSR count). The van der Waals surface area contributed by atoms with Crippen molar-refractivity contribution in [3.63, 3.8) is 0 Å². The van der Waals surface area contributed by atoms with Gasteiger partial charge in [-0.2, -0.15) is 0 Å². The Hall–Kier alpha value is -1.26. The van der Waals surface area contributed by atoms with Crippen LogP contribution < -0.4 is 0 Å². The molecule has 124 valence electrons. The molecule has 0 aromatic rings. The average Bonchev–Trinajstić information content (AvgIpc) is 2.42. The van der Waals surface area contributed by atoms with Crippen LogP contribution >= 0.6 is 0 Å². The van der Waals surface area contributed by atoms with Crippen molar-refractivity contribution in [1.29, 1.82) is 0 Å². The van der Waals surface area contributed by atoms with Gasteiger partial charge < -0.3 is 9.47 Å². The molecule has 0 fully saturated rings. The summed E-state index contributed by atoms with van der Waals surface area (Å²) in [6.45, 7) is 8.40. The summed E-state index contributed by atoms with van der Waals surface area (Å²) >= 11 is 0. The first-order valence-corrected chi connectivity index (χ1v) is 8.01. The predicted octanol–water partition coefficient (Wildman–Crippen LogP) is 3.61. The van der Waals surface area contributed by atoms with Gasteiger partial charge in [-0.15, -0.1) is 0 Å². The predicted molar refractivity (Wildman–Crippen MR) is 83.1 cm³/mol. The smallest absolute Gasteiger partial charge is 0.410 e. The Kier molecular flexibility index (Phi) is 10.7. The van der Waals surface area contributed by atoms with E-state index in [9.17, 15) is 9.59 Å². The van der Waals surface area contributed by atoms with Crippen LogP contribution in [0.25, 0.3) is 0 Å². The van der Waals surface area contributed by atoms with Crippen LogP contribution in [-0.4, -0.2) is 43.3 Å². The SMILES string of the molecule is CCCCCCCOC(=O)C(C(C)C)N(C)C(=O)OCC. The molecule has 0 heterocycles. The van der Waals surface area contributed by atoms with Crippen LogP contribution in [0.5, 0.6) is 0 Å². The fourth-order valence-electron chi connectivity index (χ4n) is 2.18. The van der Waals surface area contributed by atoms with Crippen LogP contribution in [0.4, 0.5) is 4.79 Å². The van der Waals surface area contributed by atoms with Crippen molar-refractivity contribution in [1.82, 2.24) is 4.90 Å². The standard InChI is InChI=1S/C16H31NO4/c1-6-8-9-10-11-12-21-15(18)14(13(3)4)17(5)16(19)20-7-2/h13-14H,6-12H2,1-5H3. The molecule has 21 heavy (non-hydrogen) atoms. The monoisotopic (exact) mass is 301 g/mol. The zero-order valence-corrected chi connectivity index (χ0v) is 14.2. The minimum absolute atomic E-state index is 0.0213. The van der Waals surface area contributed by atoms with Crippen LogP contribution in [0.15, 0.2) is 0 Å². The average molecular weight is 301 g/mol. The van der Waals surface area contributed by atoms with Crippen molar-refractivity contribution < 1.29 is 19.1 Å². The minimum Gasteiger partial charge on any atom is -0.464 e. The summed E-state index contributed by atoms with van der Waals surface area (Å²) in [5.41, 5.74) is 0. The van der Waals surface area contributed by atoms with Crippen molar-refractivity contribution in [2.75, 3.05) is 20.3 Å². The molecule has 0 N–H and O–H groups in total. The third-order valence-corrected chi connectivity index (χ3v) is 3.34. The van der Waals surface area contributed by atoms with Gasteiger partial charge in [0, 0.05) is 7.05 Å².